The number of hydrogen-bond acceptors (Lipinski definition) is 3. The molecule has 1 N–H and O–H groups in total. The molecule has 0 spiro atoms. The van der Waals surface area contributed by atoms with Gasteiger partial charge in [-0.1, -0.05) is 0 Å². The average Bonchev–Trinajstić information content (AvgIpc) is 2.89. The van der Waals surface area contributed by atoms with Gasteiger partial charge in [0.2, 0.25) is 0 Å². The molecule has 0 saturated heterocycles. The third kappa shape index (κ3) is 3.40. The first-order valence-electron chi connectivity index (χ1n) is 11.6. The second-order valence-corrected chi connectivity index (χ2v) is 10.2. The van der Waals surface area contributed by atoms with E-state index in [2.05, 4.69) is 10.1 Å². The smallest absolute Gasteiger partial charge is 0.406 e. The number of fused-ring (bicyclic) bond motifs is 1. The van der Waals surface area contributed by atoms with Crippen LogP contribution < -0.4 is 10.1 Å². The molecule has 0 radical (unpaired) electrons. The fraction of sp³-hybridized carbons (Fsp3) is 0.625. The van der Waals surface area contributed by atoms with Crippen LogP contribution in [0.25, 0.3) is 5.69 Å². The number of alkyl halides is 3. The second-order valence-electron chi connectivity index (χ2n) is 10.2. The summed E-state index contributed by atoms with van der Waals surface area (Å²) in [6.07, 6.45) is 6.52. The van der Waals surface area contributed by atoms with Gasteiger partial charge < -0.3 is 10.1 Å². The third-order valence-electron chi connectivity index (χ3n) is 7.98. The van der Waals surface area contributed by atoms with Crippen LogP contribution in [0.3, 0.4) is 0 Å². The first-order chi connectivity index (χ1) is 14.9. The summed E-state index contributed by atoms with van der Waals surface area (Å²) in [5.41, 5.74) is 3.58. The molecule has 7 heteroatoms. The van der Waals surface area contributed by atoms with Gasteiger partial charge in [0.15, 0.2) is 0 Å². The molecule has 1 aromatic heterocycles. The summed E-state index contributed by atoms with van der Waals surface area (Å²) in [7, 11) is 0. The SMILES string of the molecule is FC(F)(F)Oc1ccc(-n2nc(C34CC5CC(CC(C5)C3)C4)c3c2NCCCC3)cc1. The van der Waals surface area contributed by atoms with Crippen molar-refractivity contribution in [3.05, 3.63) is 35.5 Å². The Morgan fingerprint density at radius 2 is 1.61 bits per heavy atom. The van der Waals surface area contributed by atoms with Gasteiger partial charge in [-0.3, -0.25) is 0 Å². The topological polar surface area (TPSA) is 39.1 Å². The minimum atomic E-state index is -4.68. The Morgan fingerprint density at radius 1 is 0.968 bits per heavy atom. The molecule has 1 aliphatic heterocycles. The Balaban J connectivity index is 1.41. The monoisotopic (exact) mass is 431 g/mol. The lowest BCUT2D eigenvalue weighted by Crippen LogP contribution is -2.49. The van der Waals surface area contributed by atoms with E-state index < -0.39 is 6.36 Å². The highest BCUT2D eigenvalue weighted by atomic mass is 19.4. The van der Waals surface area contributed by atoms with E-state index in [1.165, 1.54) is 61.9 Å². The van der Waals surface area contributed by atoms with Gasteiger partial charge in [0.1, 0.15) is 11.6 Å². The van der Waals surface area contributed by atoms with Gasteiger partial charge in [-0.25, -0.2) is 4.68 Å². The van der Waals surface area contributed by atoms with Gasteiger partial charge in [-0.2, -0.15) is 5.10 Å². The minimum Gasteiger partial charge on any atom is -0.406 e. The van der Waals surface area contributed by atoms with Crippen LogP contribution in [0, 0.1) is 17.8 Å². The van der Waals surface area contributed by atoms with E-state index in [0.29, 0.717) is 0 Å². The normalized spacial score (nSPS) is 31.8. The van der Waals surface area contributed by atoms with E-state index in [0.717, 1.165) is 55.1 Å². The van der Waals surface area contributed by atoms with E-state index in [9.17, 15) is 13.2 Å². The average molecular weight is 432 g/mol. The lowest BCUT2D eigenvalue weighted by Gasteiger charge is -2.56. The van der Waals surface area contributed by atoms with Crippen molar-refractivity contribution in [1.29, 1.82) is 0 Å². The lowest BCUT2D eigenvalue weighted by molar-refractivity contribution is -0.274. The van der Waals surface area contributed by atoms with Crippen LogP contribution in [0.5, 0.6) is 5.75 Å². The van der Waals surface area contributed by atoms with E-state index in [4.69, 9.17) is 5.10 Å². The van der Waals surface area contributed by atoms with Crippen LogP contribution in [-0.4, -0.2) is 22.7 Å². The number of ether oxygens (including phenoxy) is 1. The van der Waals surface area contributed by atoms with Gasteiger partial charge in [-0.15, -0.1) is 13.2 Å². The highest BCUT2D eigenvalue weighted by Gasteiger charge is 2.53. The minimum absolute atomic E-state index is 0.190. The van der Waals surface area contributed by atoms with Crippen molar-refractivity contribution in [1.82, 2.24) is 9.78 Å². The summed E-state index contributed by atoms with van der Waals surface area (Å²) in [5.74, 6) is 3.34. The summed E-state index contributed by atoms with van der Waals surface area (Å²) in [5, 5.41) is 8.78. The Kier molecular flexibility index (Phi) is 4.35. The number of anilines is 1. The standard InChI is InChI=1S/C24H28F3N3O/c25-24(26,27)31-19-6-4-18(5-7-19)30-22-20(3-1-2-8-28-22)21(29-30)23-12-15-9-16(13-23)11-17(10-15)14-23/h4-7,15-17,28H,1-3,8-14H2. The number of benzene rings is 1. The van der Waals surface area contributed by atoms with Gasteiger partial charge in [-0.05, 0) is 99.8 Å². The maximum absolute atomic E-state index is 12.5. The number of nitrogens with one attached hydrogen (secondary N) is 1. The lowest BCUT2D eigenvalue weighted by atomic mass is 9.48. The number of halogens is 3. The van der Waals surface area contributed by atoms with Crippen LogP contribution >= 0.6 is 0 Å². The van der Waals surface area contributed by atoms with Gasteiger partial charge in [0, 0.05) is 17.5 Å². The van der Waals surface area contributed by atoms with Crippen molar-refractivity contribution >= 4 is 5.82 Å². The van der Waals surface area contributed by atoms with Crippen LogP contribution in [0.2, 0.25) is 0 Å². The van der Waals surface area contributed by atoms with Gasteiger partial charge in [0.25, 0.3) is 0 Å². The molecule has 5 aliphatic rings. The number of aromatic nitrogens is 2. The van der Waals surface area contributed by atoms with E-state index >= 15 is 0 Å². The van der Waals surface area contributed by atoms with E-state index in [1.807, 2.05) is 4.68 Å². The molecular formula is C24H28F3N3O. The molecule has 7 rings (SSSR count). The van der Waals surface area contributed by atoms with E-state index in [-0.39, 0.29) is 11.2 Å². The van der Waals surface area contributed by atoms with Crippen molar-refractivity contribution in [3.63, 3.8) is 0 Å². The Hall–Kier alpha value is -2.18. The van der Waals surface area contributed by atoms with Crippen LogP contribution in [0.1, 0.15) is 62.6 Å². The summed E-state index contributed by atoms with van der Waals surface area (Å²) in [4.78, 5) is 0. The second kappa shape index (κ2) is 6.91. The first kappa shape index (κ1) is 19.5. The largest absolute Gasteiger partial charge is 0.573 e. The number of hydrogen-bond donors (Lipinski definition) is 1. The Morgan fingerprint density at radius 3 is 2.23 bits per heavy atom. The molecule has 0 atom stereocenters. The molecule has 4 bridgehead atoms. The molecule has 2 aromatic rings. The first-order valence-corrected chi connectivity index (χ1v) is 11.6. The van der Waals surface area contributed by atoms with Crippen molar-refractivity contribution in [3.8, 4) is 11.4 Å². The van der Waals surface area contributed by atoms with Crippen molar-refractivity contribution in [2.45, 2.75) is 69.6 Å². The fourth-order valence-corrected chi connectivity index (χ4v) is 7.30. The highest BCUT2D eigenvalue weighted by molar-refractivity contribution is 5.56. The van der Waals surface area contributed by atoms with Crippen molar-refractivity contribution in [2.75, 3.05) is 11.9 Å². The number of rotatable bonds is 3. The zero-order valence-corrected chi connectivity index (χ0v) is 17.5. The maximum atomic E-state index is 12.5. The highest BCUT2D eigenvalue weighted by Crippen LogP contribution is 2.61. The summed E-state index contributed by atoms with van der Waals surface area (Å²) in [6, 6.07) is 6.09. The fourth-order valence-electron chi connectivity index (χ4n) is 7.30. The Bertz CT molecular complexity index is 944. The molecule has 0 amide bonds. The van der Waals surface area contributed by atoms with E-state index in [1.54, 1.807) is 12.1 Å². The molecule has 2 heterocycles. The molecule has 0 unspecified atom stereocenters. The Labute approximate surface area is 180 Å². The van der Waals surface area contributed by atoms with Crippen LogP contribution in [0.15, 0.2) is 24.3 Å². The maximum Gasteiger partial charge on any atom is 0.573 e. The molecule has 4 saturated carbocycles. The third-order valence-corrected chi connectivity index (χ3v) is 7.98. The molecule has 166 valence electrons. The molecular weight excluding hydrogens is 403 g/mol. The summed E-state index contributed by atoms with van der Waals surface area (Å²) < 4.78 is 43.6. The van der Waals surface area contributed by atoms with Crippen LogP contribution in [0.4, 0.5) is 19.0 Å². The predicted molar refractivity (Wildman–Crippen MR) is 112 cm³/mol. The molecule has 1 aromatic carbocycles. The predicted octanol–water partition coefficient (Wildman–Crippen LogP) is 5.99. The zero-order chi connectivity index (χ0) is 21.2. The van der Waals surface area contributed by atoms with Crippen LogP contribution in [-0.2, 0) is 11.8 Å². The summed E-state index contributed by atoms with van der Waals surface area (Å²) >= 11 is 0. The molecule has 4 fully saturated rings. The zero-order valence-electron chi connectivity index (χ0n) is 17.5. The van der Waals surface area contributed by atoms with Crippen molar-refractivity contribution < 1.29 is 17.9 Å². The quantitative estimate of drug-likeness (QED) is 0.649. The van der Waals surface area contributed by atoms with Crippen molar-refractivity contribution in [2.24, 2.45) is 17.8 Å². The molecule has 4 aliphatic carbocycles. The summed E-state index contributed by atoms with van der Waals surface area (Å²) in [6.45, 7) is 0.897. The van der Waals surface area contributed by atoms with Gasteiger partial charge >= 0.3 is 6.36 Å². The van der Waals surface area contributed by atoms with Gasteiger partial charge in [0.05, 0.1) is 11.4 Å². The number of nitrogens with zero attached hydrogens (tertiary/aromatic N) is 2. The molecule has 4 nitrogen and oxygen atoms in total. The molecule has 31 heavy (non-hydrogen) atoms.